The SMILES string of the molecule is O=C(O)N1CCC(COc2ccc(C3=CCC(C(=O)N4CCc5ccccc5C4)CC3)cc2)CC1. The lowest BCUT2D eigenvalue weighted by Gasteiger charge is -2.33. The van der Waals surface area contributed by atoms with Crippen molar-refractivity contribution < 1.29 is 19.4 Å². The molecule has 0 aromatic heterocycles. The molecule has 1 N–H and O–H groups in total. The van der Waals surface area contributed by atoms with E-state index in [9.17, 15) is 9.59 Å². The summed E-state index contributed by atoms with van der Waals surface area (Å²) >= 11 is 0. The summed E-state index contributed by atoms with van der Waals surface area (Å²) in [5.74, 6) is 1.63. The van der Waals surface area contributed by atoms with E-state index in [2.05, 4.69) is 42.5 Å². The van der Waals surface area contributed by atoms with Crippen molar-refractivity contribution in [1.82, 2.24) is 9.80 Å². The van der Waals surface area contributed by atoms with Gasteiger partial charge in [0, 0.05) is 32.1 Å². The van der Waals surface area contributed by atoms with E-state index in [-0.39, 0.29) is 5.92 Å². The maximum absolute atomic E-state index is 13.2. The summed E-state index contributed by atoms with van der Waals surface area (Å²) in [6.07, 6.45) is 6.69. The van der Waals surface area contributed by atoms with E-state index >= 15 is 0 Å². The van der Waals surface area contributed by atoms with Gasteiger partial charge in [-0.05, 0) is 78.8 Å². The van der Waals surface area contributed by atoms with Crippen molar-refractivity contribution >= 4 is 17.6 Å². The third-order valence-electron chi connectivity index (χ3n) is 7.80. The van der Waals surface area contributed by atoms with Crippen LogP contribution in [-0.2, 0) is 17.8 Å². The number of nitrogens with zero attached hydrogens (tertiary/aromatic N) is 2. The Balaban J connectivity index is 1.10. The molecule has 1 fully saturated rings. The van der Waals surface area contributed by atoms with Gasteiger partial charge in [-0.1, -0.05) is 42.5 Å². The standard InChI is InChI=1S/C29H34N2O4/c32-28(31-18-15-22-3-1-2-4-26(22)19-31)25-7-5-23(6-8-25)24-9-11-27(12-10-24)35-20-21-13-16-30(17-14-21)29(33)34/h1-5,9-12,21,25H,6-8,13-20H2,(H,33,34). The quantitative estimate of drug-likeness (QED) is 0.645. The number of fused-ring (bicyclic) bond motifs is 1. The number of hydrogen-bond acceptors (Lipinski definition) is 3. The molecule has 6 nitrogen and oxygen atoms in total. The smallest absolute Gasteiger partial charge is 0.407 e. The second-order valence-corrected chi connectivity index (χ2v) is 10.0. The molecule has 35 heavy (non-hydrogen) atoms. The molecule has 1 aliphatic carbocycles. The van der Waals surface area contributed by atoms with Crippen molar-refractivity contribution in [2.75, 3.05) is 26.2 Å². The van der Waals surface area contributed by atoms with Gasteiger partial charge in [0.05, 0.1) is 6.61 Å². The van der Waals surface area contributed by atoms with Gasteiger partial charge in [0.1, 0.15) is 5.75 Å². The summed E-state index contributed by atoms with van der Waals surface area (Å²) in [6, 6.07) is 16.7. The number of amides is 2. The Morgan fingerprint density at radius 2 is 1.63 bits per heavy atom. The monoisotopic (exact) mass is 474 g/mol. The molecule has 1 unspecified atom stereocenters. The molecule has 2 aromatic carbocycles. The molecular weight excluding hydrogens is 440 g/mol. The first-order valence-corrected chi connectivity index (χ1v) is 12.8. The summed E-state index contributed by atoms with van der Waals surface area (Å²) < 4.78 is 5.99. The Kier molecular flexibility index (Phi) is 7.07. The van der Waals surface area contributed by atoms with Gasteiger partial charge in [-0.3, -0.25) is 4.79 Å². The summed E-state index contributed by atoms with van der Waals surface area (Å²) in [7, 11) is 0. The topological polar surface area (TPSA) is 70.1 Å². The molecule has 0 radical (unpaired) electrons. The molecule has 0 saturated carbocycles. The number of allylic oxidation sites excluding steroid dienone is 2. The zero-order valence-electron chi connectivity index (χ0n) is 20.2. The van der Waals surface area contributed by atoms with Gasteiger partial charge in [-0.15, -0.1) is 0 Å². The van der Waals surface area contributed by atoms with E-state index in [0.717, 1.165) is 57.4 Å². The number of likely N-dealkylation sites (tertiary alicyclic amines) is 1. The van der Waals surface area contributed by atoms with Crippen molar-refractivity contribution in [2.45, 2.75) is 45.1 Å². The van der Waals surface area contributed by atoms with Crippen LogP contribution in [0.3, 0.4) is 0 Å². The van der Waals surface area contributed by atoms with Crippen LogP contribution < -0.4 is 4.74 Å². The first-order chi connectivity index (χ1) is 17.1. The fourth-order valence-corrected chi connectivity index (χ4v) is 5.53. The fourth-order valence-electron chi connectivity index (χ4n) is 5.53. The minimum Gasteiger partial charge on any atom is -0.493 e. The molecule has 2 aromatic rings. The van der Waals surface area contributed by atoms with Gasteiger partial charge in [0.25, 0.3) is 0 Å². The van der Waals surface area contributed by atoms with E-state index in [1.54, 1.807) is 0 Å². The molecule has 1 saturated heterocycles. The molecule has 2 heterocycles. The van der Waals surface area contributed by atoms with E-state index in [4.69, 9.17) is 9.84 Å². The van der Waals surface area contributed by atoms with Crippen molar-refractivity contribution in [2.24, 2.45) is 11.8 Å². The first-order valence-electron chi connectivity index (χ1n) is 12.8. The Morgan fingerprint density at radius 1 is 0.886 bits per heavy atom. The maximum Gasteiger partial charge on any atom is 0.407 e. The number of carbonyl (C=O) groups is 2. The van der Waals surface area contributed by atoms with Crippen LogP contribution in [-0.4, -0.2) is 53.1 Å². The largest absolute Gasteiger partial charge is 0.493 e. The lowest BCUT2D eigenvalue weighted by Crippen LogP contribution is -2.40. The van der Waals surface area contributed by atoms with Crippen LogP contribution in [0.25, 0.3) is 5.57 Å². The summed E-state index contributed by atoms with van der Waals surface area (Å²) in [5.41, 5.74) is 5.17. The number of rotatable bonds is 5. The van der Waals surface area contributed by atoms with Crippen molar-refractivity contribution in [3.8, 4) is 5.75 Å². The van der Waals surface area contributed by atoms with Crippen LogP contribution >= 0.6 is 0 Å². The Bertz CT molecular complexity index is 1090. The average Bonchev–Trinajstić information content (AvgIpc) is 2.92. The summed E-state index contributed by atoms with van der Waals surface area (Å²) in [6.45, 7) is 3.36. The van der Waals surface area contributed by atoms with E-state index < -0.39 is 6.09 Å². The lowest BCUT2D eigenvalue weighted by atomic mass is 9.85. The van der Waals surface area contributed by atoms with Crippen LogP contribution in [0, 0.1) is 11.8 Å². The van der Waals surface area contributed by atoms with Crippen LogP contribution in [0.1, 0.15) is 48.8 Å². The molecule has 2 amide bonds. The van der Waals surface area contributed by atoms with Crippen LogP contribution in [0.4, 0.5) is 4.79 Å². The normalized spacial score (nSPS) is 20.7. The van der Waals surface area contributed by atoms with Gasteiger partial charge in [-0.2, -0.15) is 0 Å². The van der Waals surface area contributed by atoms with E-state index in [1.165, 1.54) is 27.2 Å². The highest BCUT2D eigenvalue weighted by Gasteiger charge is 2.28. The van der Waals surface area contributed by atoms with Crippen LogP contribution in [0.15, 0.2) is 54.6 Å². The maximum atomic E-state index is 13.2. The molecule has 5 rings (SSSR count). The van der Waals surface area contributed by atoms with Gasteiger partial charge >= 0.3 is 6.09 Å². The first kappa shape index (κ1) is 23.5. The van der Waals surface area contributed by atoms with E-state index in [1.807, 2.05) is 17.0 Å². The Labute approximate surface area is 207 Å². The zero-order valence-corrected chi connectivity index (χ0v) is 20.2. The Hall–Kier alpha value is -3.28. The highest BCUT2D eigenvalue weighted by molar-refractivity contribution is 5.81. The van der Waals surface area contributed by atoms with Gasteiger partial charge < -0.3 is 19.6 Å². The third kappa shape index (κ3) is 5.53. The van der Waals surface area contributed by atoms with Crippen LogP contribution in [0.5, 0.6) is 5.75 Å². The second kappa shape index (κ2) is 10.5. The average molecular weight is 475 g/mol. The zero-order chi connectivity index (χ0) is 24.2. The molecule has 2 aliphatic heterocycles. The molecule has 184 valence electrons. The molecule has 1 atom stereocenters. The van der Waals surface area contributed by atoms with Gasteiger partial charge in [0.15, 0.2) is 0 Å². The molecule has 0 bridgehead atoms. The number of carbonyl (C=O) groups excluding carboxylic acids is 1. The second-order valence-electron chi connectivity index (χ2n) is 10.0. The minimum absolute atomic E-state index is 0.0826. The number of piperidine rings is 1. The van der Waals surface area contributed by atoms with Crippen molar-refractivity contribution in [1.29, 1.82) is 0 Å². The van der Waals surface area contributed by atoms with Gasteiger partial charge in [0.2, 0.25) is 5.91 Å². The number of hydrogen-bond donors (Lipinski definition) is 1. The predicted molar refractivity (Wildman–Crippen MR) is 135 cm³/mol. The molecule has 0 spiro atoms. The highest BCUT2D eigenvalue weighted by atomic mass is 16.5. The highest BCUT2D eigenvalue weighted by Crippen LogP contribution is 2.33. The molecular formula is C29H34N2O4. The third-order valence-corrected chi connectivity index (χ3v) is 7.80. The molecule has 6 heteroatoms. The predicted octanol–water partition coefficient (Wildman–Crippen LogP) is 5.22. The number of carboxylic acid groups (broad SMARTS) is 1. The lowest BCUT2D eigenvalue weighted by molar-refractivity contribution is -0.136. The number of ether oxygens (including phenoxy) is 1. The van der Waals surface area contributed by atoms with Crippen LogP contribution in [0.2, 0.25) is 0 Å². The summed E-state index contributed by atoms with van der Waals surface area (Å²) in [4.78, 5) is 27.7. The number of benzene rings is 2. The Morgan fingerprint density at radius 3 is 2.31 bits per heavy atom. The van der Waals surface area contributed by atoms with E-state index in [0.29, 0.717) is 31.5 Å². The van der Waals surface area contributed by atoms with Gasteiger partial charge in [-0.25, -0.2) is 4.79 Å². The molecule has 3 aliphatic rings. The van der Waals surface area contributed by atoms with Crippen molar-refractivity contribution in [3.05, 3.63) is 71.3 Å². The van der Waals surface area contributed by atoms with Crippen molar-refractivity contribution in [3.63, 3.8) is 0 Å². The minimum atomic E-state index is -0.829. The summed E-state index contributed by atoms with van der Waals surface area (Å²) in [5, 5.41) is 9.07. The fraction of sp³-hybridized carbons (Fsp3) is 0.448.